The predicted molar refractivity (Wildman–Crippen MR) is 72.7 cm³/mol. The zero-order valence-electron chi connectivity index (χ0n) is 10.4. The molecule has 98 valence electrons. The van der Waals surface area contributed by atoms with Crippen LogP contribution in [-0.2, 0) is 9.53 Å². The Hall–Kier alpha value is -1.98. The average Bonchev–Trinajstić information content (AvgIpc) is 2.87. The van der Waals surface area contributed by atoms with Crippen molar-refractivity contribution in [1.82, 2.24) is 4.98 Å². The summed E-state index contributed by atoms with van der Waals surface area (Å²) >= 11 is 0. The van der Waals surface area contributed by atoms with Gasteiger partial charge in [0.25, 0.3) is 0 Å². The molecule has 1 aromatic carbocycles. The second-order valence-electron chi connectivity index (χ2n) is 4.79. The highest BCUT2D eigenvalue weighted by molar-refractivity contribution is 6.04. The normalized spacial score (nSPS) is 22.6. The Kier molecular flexibility index (Phi) is 2.93. The number of hydrogen-bond donors (Lipinski definition) is 2. The molecule has 1 saturated heterocycles. The molecule has 1 atom stereocenters. The Morgan fingerprint density at radius 1 is 1.37 bits per heavy atom. The second kappa shape index (κ2) is 4.60. The van der Waals surface area contributed by atoms with E-state index in [4.69, 9.17) is 10.5 Å². The van der Waals surface area contributed by atoms with E-state index in [0.29, 0.717) is 13.0 Å². The van der Waals surface area contributed by atoms with Crippen molar-refractivity contribution in [3.05, 3.63) is 36.5 Å². The van der Waals surface area contributed by atoms with Crippen molar-refractivity contribution in [3.8, 4) is 0 Å². The van der Waals surface area contributed by atoms with E-state index < -0.39 is 5.54 Å². The fraction of sp³-hybridized carbons (Fsp3) is 0.286. The quantitative estimate of drug-likeness (QED) is 0.850. The summed E-state index contributed by atoms with van der Waals surface area (Å²) in [5.74, 6) is -0.207. The molecule has 0 radical (unpaired) electrons. The fourth-order valence-corrected chi connectivity index (χ4v) is 2.22. The summed E-state index contributed by atoms with van der Waals surface area (Å²) in [6.45, 7) is 0.795. The lowest BCUT2D eigenvalue weighted by Crippen LogP contribution is -2.51. The van der Waals surface area contributed by atoms with Crippen LogP contribution in [0.15, 0.2) is 36.5 Å². The molecule has 3 rings (SSSR count). The molecule has 1 amide bonds. The number of carbonyl (C=O) groups is 1. The van der Waals surface area contributed by atoms with E-state index in [1.165, 1.54) is 0 Å². The molecule has 1 aliphatic heterocycles. The van der Waals surface area contributed by atoms with Crippen molar-refractivity contribution < 1.29 is 9.53 Å². The number of carbonyl (C=O) groups excluding carboxylic acids is 1. The van der Waals surface area contributed by atoms with E-state index in [-0.39, 0.29) is 12.5 Å². The van der Waals surface area contributed by atoms with Crippen molar-refractivity contribution >= 4 is 22.5 Å². The first-order chi connectivity index (χ1) is 9.19. The summed E-state index contributed by atoms with van der Waals surface area (Å²) in [4.78, 5) is 16.5. The standard InChI is InChI=1S/C14H15N3O2/c15-14(6-8-19-9-14)13(18)17-12-5-1-4-11-10(12)3-2-7-16-11/h1-5,7H,6,8-9,15H2,(H,17,18). The van der Waals surface area contributed by atoms with Gasteiger partial charge >= 0.3 is 0 Å². The minimum atomic E-state index is -0.926. The number of anilines is 1. The van der Waals surface area contributed by atoms with Gasteiger partial charge in [0.2, 0.25) is 5.91 Å². The van der Waals surface area contributed by atoms with Gasteiger partial charge in [-0.05, 0) is 30.7 Å². The second-order valence-corrected chi connectivity index (χ2v) is 4.79. The number of pyridine rings is 1. The minimum Gasteiger partial charge on any atom is -0.379 e. The molecule has 0 aliphatic carbocycles. The van der Waals surface area contributed by atoms with E-state index in [2.05, 4.69) is 10.3 Å². The molecule has 2 aromatic rings. The van der Waals surface area contributed by atoms with Gasteiger partial charge in [-0.15, -0.1) is 0 Å². The Balaban J connectivity index is 1.91. The third-order valence-corrected chi connectivity index (χ3v) is 3.40. The van der Waals surface area contributed by atoms with E-state index in [1.807, 2.05) is 30.3 Å². The summed E-state index contributed by atoms with van der Waals surface area (Å²) in [6, 6.07) is 9.38. The van der Waals surface area contributed by atoms with E-state index in [1.54, 1.807) is 6.20 Å². The van der Waals surface area contributed by atoms with Crippen LogP contribution in [0.3, 0.4) is 0 Å². The highest BCUT2D eigenvalue weighted by Crippen LogP contribution is 2.24. The Labute approximate surface area is 110 Å². The zero-order chi connectivity index (χ0) is 13.3. The molecule has 1 aliphatic rings. The third kappa shape index (κ3) is 2.18. The molecule has 0 spiro atoms. The number of rotatable bonds is 2. The van der Waals surface area contributed by atoms with Crippen molar-refractivity contribution in [2.24, 2.45) is 5.73 Å². The summed E-state index contributed by atoms with van der Waals surface area (Å²) in [5.41, 5.74) is 6.69. The van der Waals surface area contributed by atoms with Crippen LogP contribution in [-0.4, -0.2) is 29.6 Å². The molecule has 19 heavy (non-hydrogen) atoms. The Morgan fingerprint density at radius 3 is 3.05 bits per heavy atom. The van der Waals surface area contributed by atoms with Crippen LogP contribution in [0.5, 0.6) is 0 Å². The molecule has 1 unspecified atom stereocenters. The highest BCUT2D eigenvalue weighted by atomic mass is 16.5. The zero-order valence-corrected chi connectivity index (χ0v) is 10.4. The lowest BCUT2D eigenvalue weighted by Gasteiger charge is -2.21. The van der Waals surface area contributed by atoms with Gasteiger partial charge in [-0.3, -0.25) is 9.78 Å². The first-order valence-corrected chi connectivity index (χ1v) is 6.21. The largest absolute Gasteiger partial charge is 0.379 e. The van der Waals surface area contributed by atoms with Gasteiger partial charge < -0.3 is 15.8 Å². The highest BCUT2D eigenvalue weighted by Gasteiger charge is 2.38. The molecular formula is C14H15N3O2. The van der Waals surface area contributed by atoms with Crippen molar-refractivity contribution in [3.63, 3.8) is 0 Å². The van der Waals surface area contributed by atoms with Crippen LogP contribution in [0.4, 0.5) is 5.69 Å². The monoisotopic (exact) mass is 257 g/mol. The summed E-state index contributed by atoms with van der Waals surface area (Å²) in [5, 5.41) is 3.79. The maximum atomic E-state index is 12.2. The maximum absolute atomic E-state index is 12.2. The number of hydrogen-bond acceptors (Lipinski definition) is 4. The number of nitrogens with one attached hydrogen (secondary N) is 1. The van der Waals surface area contributed by atoms with Crippen LogP contribution in [0.2, 0.25) is 0 Å². The molecule has 1 aromatic heterocycles. The third-order valence-electron chi connectivity index (χ3n) is 3.40. The first kappa shape index (κ1) is 12.1. The number of benzene rings is 1. The lowest BCUT2D eigenvalue weighted by molar-refractivity contribution is -0.121. The van der Waals surface area contributed by atoms with Gasteiger partial charge in [0.1, 0.15) is 5.54 Å². The van der Waals surface area contributed by atoms with Gasteiger partial charge in [-0.25, -0.2) is 0 Å². The average molecular weight is 257 g/mol. The van der Waals surface area contributed by atoms with Crippen LogP contribution >= 0.6 is 0 Å². The topological polar surface area (TPSA) is 77.2 Å². The lowest BCUT2D eigenvalue weighted by atomic mass is 9.99. The van der Waals surface area contributed by atoms with Crippen LogP contribution in [0.25, 0.3) is 10.9 Å². The van der Waals surface area contributed by atoms with Crippen molar-refractivity contribution in [2.75, 3.05) is 18.5 Å². The van der Waals surface area contributed by atoms with Gasteiger partial charge in [0.15, 0.2) is 0 Å². The van der Waals surface area contributed by atoms with Crippen molar-refractivity contribution in [1.29, 1.82) is 0 Å². The fourth-order valence-electron chi connectivity index (χ4n) is 2.22. The molecule has 3 N–H and O–H groups in total. The number of ether oxygens (including phenoxy) is 1. The number of aromatic nitrogens is 1. The summed E-state index contributed by atoms with van der Waals surface area (Å²) < 4.78 is 5.21. The molecule has 1 fully saturated rings. The van der Waals surface area contributed by atoms with Gasteiger partial charge in [-0.1, -0.05) is 6.07 Å². The number of amides is 1. The summed E-state index contributed by atoms with van der Waals surface area (Å²) in [7, 11) is 0. The predicted octanol–water partition coefficient (Wildman–Crippen LogP) is 1.29. The van der Waals surface area contributed by atoms with E-state index >= 15 is 0 Å². The smallest absolute Gasteiger partial charge is 0.246 e. The maximum Gasteiger partial charge on any atom is 0.246 e. The number of fused-ring (bicyclic) bond motifs is 1. The molecule has 0 bridgehead atoms. The van der Waals surface area contributed by atoms with E-state index in [9.17, 15) is 4.79 Å². The van der Waals surface area contributed by atoms with Crippen molar-refractivity contribution in [2.45, 2.75) is 12.0 Å². The molecule has 5 nitrogen and oxygen atoms in total. The Bertz CT molecular complexity index is 616. The first-order valence-electron chi connectivity index (χ1n) is 6.21. The minimum absolute atomic E-state index is 0.207. The van der Waals surface area contributed by atoms with Crippen LogP contribution in [0, 0.1) is 0 Å². The molecular weight excluding hydrogens is 242 g/mol. The van der Waals surface area contributed by atoms with Gasteiger partial charge in [0.05, 0.1) is 17.8 Å². The number of nitrogens with two attached hydrogens (primary N) is 1. The molecule has 0 saturated carbocycles. The van der Waals surface area contributed by atoms with E-state index in [0.717, 1.165) is 16.6 Å². The van der Waals surface area contributed by atoms with Gasteiger partial charge in [-0.2, -0.15) is 0 Å². The SMILES string of the molecule is NC1(C(=O)Nc2cccc3ncccc23)CCOC1. The Morgan fingerprint density at radius 2 is 2.26 bits per heavy atom. The van der Waals surface area contributed by atoms with Crippen LogP contribution < -0.4 is 11.1 Å². The molecule has 5 heteroatoms. The van der Waals surface area contributed by atoms with Gasteiger partial charge in [0, 0.05) is 18.2 Å². The summed E-state index contributed by atoms with van der Waals surface area (Å²) in [6.07, 6.45) is 2.27. The molecule has 2 heterocycles. The number of nitrogens with zero attached hydrogens (tertiary/aromatic N) is 1. The van der Waals surface area contributed by atoms with Crippen LogP contribution in [0.1, 0.15) is 6.42 Å².